The van der Waals surface area contributed by atoms with Crippen LogP contribution in [-0.4, -0.2) is 35.4 Å². The van der Waals surface area contributed by atoms with Gasteiger partial charge in [0.15, 0.2) is 5.15 Å². The first-order valence-electron chi connectivity index (χ1n) is 4.08. The number of halogens is 1. The summed E-state index contributed by atoms with van der Waals surface area (Å²) in [7, 11) is 3.80. The van der Waals surface area contributed by atoms with E-state index in [1.165, 1.54) is 0 Å². The first-order valence-corrected chi connectivity index (χ1v) is 4.46. The number of nitrogens with zero attached hydrogens (tertiary/aromatic N) is 3. The predicted octanol–water partition coefficient (Wildman–Crippen LogP) is 0.903. The summed E-state index contributed by atoms with van der Waals surface area (Å²) in [6.07, 6.45) is 0. The van der Waals surface area contributed by atoms with Crippen LogP contribution >= 0.6 is 11.6 Å². The van der Waals surface area contributed by atoms with Crippen molar-refractivity contribution in [3.8, 4) is 0 Å². The molecule has 1 heterocycles. The molecule has 1 aromatic heterocycles. The van der Waals surface area contributed by atoms with Crippen LogP contribution in [0.3, 0.4) is 0 Å². The molecule has 5 heteroatoms. The minimum Gasteiger partial charge on any atom is -0.395 e. The number of aliphatic hydroxyl groups excluding tert-OH is 1. The van der Waals surface area contributed by atoms with Crippen LogP contribution in [0.2, 0.25) is 5.15 Å². The Morgan fingerprint density at radius 3 is 2.62 bits per heavy atom. The van der Waals surface area contributed by atoms with Crippen LogP contribution < -0.4 is 4.90 Å². The minimum absolute atomic E-state index is 0.0916. The van der Waals surface area contributed by atoms with E-state index in [1.54, 1.807) is 0 Å². The monoisotopic (exact) mass is 203 g/mol. The van der Waals surface area contributed by atoms with Crippen LogP contribution in [0.1, 0.15) is 5.82 Å². The smallest absolute Gasteiger partial charge is 0.171 e. The van der Waals surface area contributed by atoms with E-state index >= 15 is 0 Å². The van der Waals surface area contributed by atoms with E-state index in [-0.39, 0.29) is 6.61 Å². The highest BCUT2D eigenvalue weighted by molar-refractivity contribution is 6.31. The summed E-state index contributed by atoms with van der Waals surface area (Å²) in [6.45, 7) is 2.49. The molecule has 0 fully saturated rings. The summed E-state index contributed by atoms with van der Waals surface area (Å²) in [5, 5.41) is 9.33. The number of hydrogen-bond donors (Lipinski definition) is 1. The first kappa shape index (κ1) is 10.3. The number of hydrogen-bond acceptors (Lipinski definition) is 3. The van der Waals surface area contributed by atoms with Crippen LogP contribution in [0, 0.1) is 6.92 Å². The van der Waals surface area contributed by atoms with Gasteiger partial charge in [-0.1, -0.05) is 11.6 Å². The van der Waals surface area contributed by atoms with Gasteiger partial charge in [-0.05, 0) is 6.92 Å². The zero-order valence-corrected chi connectivity index (χ0v) is 8.84. The van der Waals surface area contributed by atoms with Crippen LogP contribution in [0.15, 0.2) is 0 Å². The van der Waals surface area contributed by atoms with Crippen LogP contribution in [0.5, 0.6) is 0 Å². The van der Waals surface area contributed by atoms with Crippen LogP contribution in [0.25, 0.3) is 0 Å². The second kappa shape index (κ2) is 3.98. The zero-order chi connectivity index (χ0) is 10.0. The molecule has 0 aliphatic carbocycles. The molecule has 74 valence electrons. The highest BCUT2D eigenvalue weighted by Crippen LogP contribution is 2.24. The molecule has 0 bridgehead atoms. The minimum atomic E-state index is 0.0916. The predicted molar refractivity (Wildman–Crippen MR) is 53.4 cm³/mol. The third kappa shape index (κ3) is 1.95. The van der Waals surface area contributed by atoms with E-state index in [9.17, 15) is 0 Å². The van der Waals surface area contributed by atoms with Crippen molar-refractivity contribution in [1.82, 2.24) is 9.55 Å². The molecule has 4 nitrogen and oxygen atoms in total. The highest BCUT2D eigenvalue weighted by atomic mass is 35.5. The van der Waals surface area contributed by atoms with E-state index in [0.29, 0.717) is 11.7 Å². The summed E-state index contributed by atoms with van der Waals surface area (Å²) in [4.78, 5) is 6.01. The lowest BCUT2D eigenvalue weighted by atomic mass is 10.5. The lowest BCUT2D eigenvalue weighted by Gasteiger charge is -2.15. The molecule has 1 N–H and O–H groups in total. The molecule has 0 radical (unpaired) electrons. The highest BCUT2D eigenvalue weighted by Gasteiger charge is 2.13. The quantitative estimate of drug-likeness (QED) is 0.794. The van der Waals surface area contributed by atoms with Crippen molar-refractivity contribution in [2.75, 3.05) is 25.6 Å². The van der Waals surface area contributed by atoms with Gasteiger partial charge in [-0.25, -0.2) is 4.98 Å². The van der Waals surface area contributed by atoms with Gasteiger partial charge >= 0.3 is 0 Å². The van der Waals surface area contributed by atoms with Gasteiger partial charge in [0.05, 0.1) is 6.61 Å². The topological polar surface area (TPSA) is 41.3 Å². The van der Waals surface area contributed by atoms with Gasteiger partial charge in [-0.3, -0.25) is 0 Å². The molecule has 1 rings (SSSR count). The number of aliphatic hydroxyl groups is 1. The SMILES string of the molecule is Cc1nc(Cl)c(N(C)C)n1CCO. The van der Waals surface area contributed by atoms with Gasteiger partial charge in [0.1, 0.15) is 11.6 Å². The molecule has 0 aliphatic heterocycles. The average molecular weight is 204 g/mol. The van der Waals surface area contributed by atoms with Crippen LogP contribution in [-0.2, 0) is 6.54 Å². The number of imidazole rings is 1. The van der Waals surface area contributed by atoms with Gasteiger partial charge in [0, 0.05) is 20.6 Å². The van der Waals surface area contributed by atoms with E-state index < -0.39 is 0 Å². The Balaban J connectivity index is 3.13. The molecular weight excluding hydrogens is 190 g/mol. The summed E-state index contributed by atoms with van der Waals surface area (Å²) in [5.41, 5.74) is 0. The second-order valence-electron chi connectivity index (χ2n) is 3.04. The Morgan fingerprint density at radius 1 is 1.54 bits per heavy atom. The van der Waals surface area contributed by atoms with Crippen molar-refractivity contribution in [3.63, 3.8) is 0 Å². The number of aromatic nitrogens is 2. The van der Waals surface area contributed by atoms with Crippen molar-refractivity contribution < 1.29 is 5.11 Å². The summed E-state index contributed by atoms with van der Waals surface area (Å²) in [6, 6.07) is 0. The van der Waals surface area contributed by atoms with E-state index in [1.807, 2.05) is 30.5 Å². The molecule has 0 saturated heterocycles. The Morgan fingerprint density at radius 2 is 2.15 bits per heavy atom. The molecule has 0 spiro atoms. The van der Waals surface area contributed by atoms with Crippen molar-refractivity contribution in [2.45, 2.75) is 13.5 Å². The van der Waals surface area contributed by atoms with Crippen molar-refractivity contribution in [2.24, 2.45) is 0 Å². The molecule has 0 amide bonds. The number of aryl methyl sites for hydroxylation is 1. The Labute approximate surface area is 82.8 Å². The first-order chi connectivity index (χ1) is 6.07. The Kier molecular flexibility index (Phi) is 3.17. The molecule has 0 unspecified atom stereocenters. The zero-order valence-electron chi connectivity index (χ0n) is 8.08. The van der Waals surface area contributed by atoms with Crippen LogP contribution in [0.4, 0.5) is 5.82 Å². The van der Waals surface area contributed by atoms with Crippen molar-refractivity contribution >= 4 is 17.4 Å². The maximum absolute atomic E-state index is 8.85. The van der Waals surface area contributed by atoms with Gasteiger partial charge in [-0.2, -0.15) is 0 Å². The van der Waals surface area contributed by atoms with Crippen molar-refractivity contribution in [1.29, 1.82) is 0 Å². The number of anilines is 1. The standard InChI is InChI=1S/C8H14ClN3O/c1-6-10-7(9)8(11(2)3)12(6)4-5-13/h13H,4-5H2,1-3H3. The van der Waals surface area contributed by atoms with E-state index in [0.717, 1.165) is 11.6 Å². The molecule has 13 heavy (non-hydrogen) atoms. The maximum Gasteiger partial charge on any atom is 0.171 e. The molecule has 0 atom stereocenters. The van der Waals surface area contributed by atoms with Gasteiger partial charge in [0.2, 0.25) is 0 Å². The average Bonchev–Trinajstić information content (AvgIpc) is 2.27. The Bertz CT molecular complexity index is 296. The molecule has 0 aliphatic rings. The third-order valence-electron chi connectivity index (χ3n) is 1.84. The van der Waals surface area contributed by atoms with Gasteiger partial charge in [-0.15, -0.1) is 0 Å². The fourth-order valence-corrected chi connectivity index (χ4v) is 1.70. The lowest BCUT2D eigenvalue weighted by molar-refractivity contribution is 0.275. The number of rotatable bonds is 3. The summed E-state index contributed by atoms with van der Waals surface area (Å²) in [5.74, 6) is 1.66. The fourth-order valence-electron chi connectivity index (χ4n) is 1.31. The van der Waals surface area contributed by atoms with Gasteiger partial charge < -0.3 is 14.6 Å². The normalized spacial score (nSPS) is 10.5. The molecule has 0 aromatic carbocycles. The van der Waals surface area contributed by atoms with Gasteiger partial charge in [0.25, 0.3) is 0 Å². The molecular formula is C8H14ClN3O. The third-order valence-corrected chi connectivity index (χ3v) is 2.09. The van der Waals surface area contributed by atoms with E-state index in [2.05, 4.69) is 4.98 Å². The van der Waals surface area contributed by atoms with E-state index in [4.69, 9.17) is 16.7 Å². The maximum atomic E-state index is 8.85. The largest absolute Gasteiger partial charge is 0.395 e. The molecule has 0 saturated carbocycles. The summed E-state index contributed by atoms with van der Waals surface area (Å²) >= 11 is 5.93. The molecule has 1 aromatic rings. The van der Waals surface area contributed by atoms with Crippen molar-refractivity contribution in [3.05, 3.63) is 11.0 Å². The Hall–Kier alpha value is -0.740. The fraction of sp³-hybridized carbons (Fsp3) is 0.625. The summed E-state index contributed by atoms with van der Waals surface area (Å²) < 4.78 is 1.89. The second-order valence-corrected chi connectivity index (χ2v) is 3.40. The lowest BCUT2D eigenvalue weighted by Crippen LogP contribution is -2.16.